The molecule has 2 aromatic rings. The molecule has 1 aromatic heterocycles. The highest BCUT2D eigenvalue weighted by atomic mass is 32.1. The molecule has 2 rings (SSSR count). The maximum Gasteiger partial charge on any atom is 0.169 e. The van der Waals surface area contributed by atoms with Crippen molar-refractivity contribution < 1.29 is 14.3 Å². The Morgan fingerprint density at radius 1 is 1.25 bits per heavy atom. The van der Waals surface area contributed by atoms with Crippen molar-refractivity contribution >= 4 is 17.6 Å². The topological polar surface area (TPSA) is 35.5 Å². The van der Waals surface area contributed by atoms with E-state index in [9.17, 15) is 4.79 Å². The van der Waals surface area contributed by atoms with Gasteiger partial charge < -0.3 is 9.47 Å². The van der Waals surface area contributed by atoms with Gasteiger partial charge in [0.1, 0.15) is 5.75 Å². The molecule has 3 nitrogen and oxygen atoms in total. The van der Waals surface area contributed by atoms with E-state index in [0.717, 1.165) is 6.29 Å². The van der Waals surface area contributed by atoms with E-state index in [0.29, 0.717) is 22.1 Å². The number of carbonyl (C=O) groups is 1. The van der Waals surface area contributed by atoms with Crippen molar-refractivity contribution in [3.8, 4) is 17.2 Å². The Balaban J connectivity index is 2.22. The molecule has 0 aliphatic heterocycles. The summed E-state index contributed by atoms with van der Waals surface area (Å²) < 4.78 is 10.8. The molecular formula is C12H10O3S. The minimum atomic E-state index is 0.639. The highest BCUT2D eigenvalue weighted by Gasteiger charge is 2.05. The molecule has 0 atom stereocenters. The summed E-state index contributed by atoms with van der Waals surface area (Å²) in [7, 11) is 1.59. The van der Waals surface area contributed by atoms with E-state index in [1.165, 1.54) is 11.3 Å². The lowest BCUT2D eigenvalue weighted by molar-refractivity contribution is 0.112. The molecule has 0 bridgehead atoms. The first kappa shape index (κ1) is 10.7. The highest BCUT2D eigenvalue weighted by Crippen LogP contribution is 2.32. The van der Waals surface area contributed by atoms with Crippen molar-refractivity contribution in [1.82, 2.24) is 0 Å². The fourth-order valence-electron chi connectivity index (χ4n) is 1.28. The van der Waals surface area contributed by atoms with Crippen LogP contribution in [-0.2, 0) is 0 Å². The maximum atomic E-state index is 10.5. The number of methoxy groups -OCH3 is 1. The molecule has 0 saturated carbocycles. The zero-order valence-electron chi connectivity index (χ0n) is 8.67. The fraction of sp³-hybridized carbons (Fsp3) is 0.0833. The summed E-state index contributed by atoms with van der Waals surface area (Å²) in [4.78, 5) is 11.2. The number of thiophene rings is 1. The van der Waals surface area contributed by atoms with Crippen molar-refractivity contribution in [3.63, 3.8) is 0 Å². The highest BCUT2D eigenvalue weighted by molar-refractivity contribution is 7.11. The van der Waals surface area contributed by atoms with Gasteiger partial charge in [-0.05, 0) is 12.1 Å². The van der Waals surface area contributed by atoms with Crippen LogP contribution in [0.3, 0.4) is 0 Å². The van der Waals surface area contributed by atoms with E-state index in [-0.39, 0.29) is 0 Å². The van der Waals surface area contributed by atoms with Crippen molar-refractivity contribution in [3.05, 3.63) is 40.6 Å². The van der Waals surface area contributed by atoms with Gasteiger partial charge in [0.2, 0.25) is 0 Å². The van der Waals surface area contributed by atoms with Crippen molar-refractivity contribution in [1.29, 1.82) is 0 Å². The average Bonchev–Trinajstić information content (AvgIpc) is 2.77. The first-order chi connectivity index (χ1) is 7.83. The van der Waals surface area contributed by atoms with Crippen LogP contribution in [0.25, 0.3) is 0 Å². The predicted molar refractivity (Wildman–Crippen MR) is 62.8 cm³/mol. The number of aldehydes is 1. The number of carbonyl (C=O) groups excluding carboxylic acids is 1. The molecular weight excluding hydrogens is 224 g/mol. The summed E-state index contributed by atoms with van der Waals surface area (Å²) in [5, 5.41) is 1.79. The van der Waals surface area contributed by atoms with Gasteiger partial charge in [-0.1, -0.05) is 12.1 Å². The van der Waals surface area contributed by atoms with Gasteiger partial charge >= 0.3 is 0 Å². The van der Waals surface area contributed by atoms with Gasteiger partial charge in [-0.3, -0.25) is 4.79 Å². The summed E-state index contributed by atoms with van der Waals surface area (Å²) in [5.41, 5.74) is 0. The van der Waals surface area contributed by atoms with Crippen LogP contribution in [0, 0.1) is 0 Å². The normalized spacial score (nSPS) is 9.81. The molecule has 0 unspecified atom stereocenters. The van der Waals surface area contributed by atoms with Crippen LogP contribution >= 0.6 is 11.3 Å². The number of hydrogen-bond donors (Lipinski definition) is 0. The SMILES string of the molecule is COc1ccccc1Oc1csc(C=O)c1. The monoisotopic (exact) mass is 234 g/mol. The number of ether oxygens (including phenoxy) is 2. The molecule has 0 N–H and O–H groups in total. The number of para-hydroxylation sites is 2. The van der Waals surface area contributed by atoms with Gasteiger partial charge in [0.15, 0.2) is 17.8 Å². The number of benzene rings is 1. The van der Waals surface area contributed by atoms with Gasteiger partial charge in [0, 0.05) is 11.4 Å². The lowest BCUT2D eigenvalue weighted by Gasteiger charge is -2.07. The molecule has 0 aliphatic rings. The predicted octanol–water partition coefficient (Wildman–Crippen LogP) is 3.36. The second kappa shape index (κ2) is 4.81. The van der Waals surface area contributed by atoms with E-state index in [1.807, 2.05) is 24.3 Å². The van der Waals surface area contributed by atoms with Crippen LogP contribution in [0.5, 0.6) is 17.2 Å². The summed E-state index contributed by atoms with van der Waals surface area (Å²) in [6.45, 7) is 0. The summed E-state index contributed by atoms with van der Waals surface area (Å²) >= 11 is 1.35. The van der Waals surface area contributed by atoms with Gasteiger partial charge in [-0.15, -0.1) is 11.3 Å². The first-order valence-corrected chi connectivity index (χ1v) is 5.56. The minimum absolute atomic E-state index is 0.639. The Labute approximate surface area is 97.2 Å². The van der Waals surface area contributed by atoms with Gasteiger partial charge in [0.25, 0.3) is 0 Å². The molecule has 1 aromatic carbocycles. The number of hydrogen-bond acceptors (Lipinski definition) is 4. The zero-order chi connectivity index (χ0) is 11.4. The second-order valence-electron chi connectivity index (χ2n) is 3.06. The Kier molecular flexibility index (Phi) is 3.22. The molecule has 0 amide bonds. The van der Waals surface area contributed by atoms with E-state index in [1.54, 1.807) is 18.6 Å². The Morgan fingerprint density at radius 2 is 2.00 bits per heavy atom. The van der Waals surface area contributed by atoms with Crippen LogP contribution in [0.1, 0.15) is 9.67 Å². The van der Waals surface area contributed by atoms with Crippen LogP contribution in [0.15, 0.2) is 35.7 Å². The second-order valence-corrected chi connectivity index (χ2v) is 4.00. The summed E-state index contributed by atoms with van der Waals surface area (Å²) in [6.07, 6.45) is 0.805. The molecule has 0 fully saturated rings. The molecule has 0 aliphatic carbocycles. The lowest BCUT2D eigenvalue weighted by Crippen LogP contribution is -1.88. The lowest BCUT2D eigenvalue weighted by atomic mass is 10.3. The molecule has 4 heteroatoms. The first-order valence-electron chi connectivity index (χ1n) is 4.68. The van der Waals surface area contributed by atoms with Gasteiger partial charge in [-0.25, -0.2) is 0 Å². The Hall–Kier alpha value is -1.81. The van der Waals surface area contributed by atoms with Crippen LogP contribution in [-0.4, -0.2) is 13.4 Å². The smallest absolute Gasteiger partial charge is 0.169 e. The molecule has 0 radical (unpaired) electrons. The van der Waals surface area contributed by atoms with Crippen LogP contribution in [0.2, 0.25) is 0 Å². The largest absolute Gasteiger partial charge is 0.493 e. The van der Waals surface area contributed by atoms with E-state index < -0.39 is 0 Å². The van der Waals surface area contributed by atoms with Gasteiger partial charge in [-0.2, -0.15) is 0 Å². The summed E-state index contributed by atoms with van der Waals surface area (Å²) in [5.74, 6) is 1.96. The third-order valence-electron chi connectivity index (χ3n) is 2.01. The van der Waals surface area contributed by atoms with E-state index in [4.69, 9.17) is 9.47 Å². The van der Waals surface area contributed by atoms with Crippen molar-refractivity contribution in [2.45, 2.75) is 0 Å². The fourth-order valence-corrected chi connectivity index (χ4v) is 1.89. The van der Waals surface area contributed by atoms with E-state index >= 15 is 0 Å². The summed E-state index contributed by atoms with van der Waals surface area (Å²) in [6, 6.07) is 9.07. The van der Waals surface area contributed by atoms with Crippen LogP contribution in [0.4, 0.5) is 0 Å². The zero-order valence-corrected chi connectivity index (χ0v) is 9.49. The third-order valence-corrected chi connectivity index (χ3v) is 2.85. The van der Waals surface area contributed by atoms with Crippen molar-refractivity contribution in [2.24, 2.45) is 0 Å². The molecule has 0 saturated heterocycles. The molecule has 0 spiro atoms. The van der Waals surface area contributed by atoms with Crippen LogP contribution < -0.4 is 9.47 Å². The maximum absolute atomic E-state index is 10.5. The standard InChI is InChI=1S/C12H10O3S/c1-14-11-4-2-3-5-12(11)15-9-6-10(7-13)16-8-9/h2-8H,1H3. The Morgan fingerprint density at radius 3 is 2.62 bits per heavy atom. The van der Waals surface area contributed by atoms with Gasteiger partial charge in [0.05, 0.1) is 12.0 Å². The van der Waals surface area contributed by atoms with E-state index in [2.05, 4.69) is 0 Å². The number of rotatable bonds is 4. The quantitative estimate of drug-likeness (QED) is 0.761. The Bertz CT molecular complexity index is 491. The minimum Gasteiger partial charge on any atom is -0.493 e. The molecule has 16 heavy (non-hydrogen) atoms. The molecule has 82 valence electrons. The average molecular weight is 234 g/mol. The van der Waals surface area contributed by atoms with Crippen molar-refractivity contribution in [2.75, 3.05) is 7.11 Å². The molecule has 1 heterocycles. The third kappa shape index (κ3) is 2.23.